The second kappa shape index (κ2) is 6.74. The van der Waals surface area contributed by atoms with Gasteiger partial charge in [0.05, 0.1) is 12.8 Å². The molecule has 0 bridgehead atoms. The molecule has 8 nitrogen and oxygen atoms in total. The first-order chi connectivity index (χ1) is 10.3. The Balaban J connectivity index is 1.99. The van der Waals surface area contributed by atoms with Crippen LogP contribution in [0.15, 0.2) is 4.52 Å². The molecule has 1 atom stereocenters. The van der Waals surface area contributed by atoms with Crippen LogP contribution in [0.3, 0.4) is 0 Å². The van der Waals surface area contributed by atoms with Crippen LogP contribution in [0.2, 0.25) is 0 Å². The number of hydrogen-bond acceptors (Lipinski definition) is 6. The summed E-state index contributed by atoms with van der Waals surface area (Å²) in [4.78, 5) is 18.3. The average molecular weight is 330 g/mol. The summed E-state index contributed by atoms with van der Waals surface area (Å²) in [5.41, 5.74) is 0. The standard InChI is InChI=1S/C13H22N4O4S/c1-4-11-14-13(15-21-11)10-6-5-7-17(8-10)12(18)9-16(2)22(3,19)20/h10H,4-9H2,1-3H3/t10-/m1/s1. The molecule has 0 spiro atoms. The molecule has 1 aliphatic heterocycles. The van der Waals surface area contributed by atoms with E-state index in [1.165, 1.54) is 7.05 Å². The summed E-state index contributed by atoms with van der Waals surface area (Å²) in [5, 5.41) is 3.97. The number of sulfonamides is 1. The van der Waals surface area contributed by atoms with Crippen LogP contribution in [-0.2, 0) is 21.2 Å². The SMILES string of the molecule is CCc1nc([C@@H]2CCCN(C(=O)CN(C)S(C)(=O)=O)C2)no1. The Bertz CT molecular complexity index is 628. The van der Waals surface area contributed by atoms with E-state index in [1.54, 1.807) is 4.90 Å². The quantitative estimate of drug-likeness (QED) is 0.767. The van der Waals surface area contributed by atoms with E-state index >= 15 is 0 Å². The van der Waals surface area contributed by atoms with Gasteiger partial charge in [0, 0.05) is 32.5 Å². The number of hydrogen-bond donors (Lipinski definition) is 0. The van der Waals surface area contributed by atoms with Crippen molar-refractivity contribution in [1.29, 1.82) is 0 Å². The fourth-order valence-corrected chi connectivity index (χ4v) is 2.74. The number of nitrogens with zero attached hydrogens (tertiary/aromatic N) is 4. The molecule has 0 aliphatic carbocycles. The van der Waals surface area contributed by atoms with Crippen molar-refractivity contribution < 1.29 is 17.7 Å². The number of likely N-dealkylation sites (N-methyl/N-ethyl adjacent to an activating group) is 1. The van der Waals surface area contributed by atoms with Gasteiger partial charge >= 0.3 is 0 Å². The van der Waals surface area contributed by atoms with Gasteiger partial charge < -0.3 is 9.42 Å². The van der Waals surface area contributed by atoms with Crippen LogP contribution in [0.4, 0.5) is 0 Å². The fraction of sp³-hybridized carbons (Fsp3) is 0.769. The molecule has 0 unspecified atom stereocenters. The highest BCUT2D eigenvalue weighted by atomic mass is 32.2. The van der Waals surface area contributed by atoms with E-state index in [2.05, 4.69) is 10.1 Å². The summed E-state index contributed by atoms with van der Waals surface area (Å²) in [6.45, 7) is 2.93. The van der Waals surface area contributed by atoms with E-state index in [1.807, 2.05) is 6.92 Å². The Morgan fingerprint density at radius 1 is 1.50 bits per heavy atom. The third-order valence-electron chi connectivity index (χ3n) is 3.85. The first-order valence-electron chi connectivity index (χ1n) is 7.32. The van der Waals surface area contributed by atoms with Gasteiger partial charge in [-0.3, -0.25) is 4.79 Å². The third-order valence-corrected chi connectivity index (χ3v) is 5.11. The zero-order valence-electron chi connectivity index (χ0n) is 13.2. The Hall–Kier alpha value is -1.48. The molecule has 1 saturated heterocycles. The van der Waals surface area contributed by atoms with Crippen molar-refractivity contribution in [1.82, 2.24) is 19.3 Å². The maximum Gasteiger partial charge on any atom is 0.237 e. The van der Waals surface area contributed by atoms with Crippen LogP contribution in [0.5, 0.6) is 0 Å². The van der Waals surface area contributed by atoms with E-state index in [0.29, 0.717) is 31.2 Å². The summed E-state index contributed by atoms with van der Waals surface area (Å²) >= 11 is 0. The summed E-state index contributed by atoms with van der Waals surface area (Å²) in [6, 6.07) is 0. The lowest BCUT2D eigenvalue weighted by Crippen LogP contribution is -2.45. The minimum atomic E-state index is -3.36. The molecule has 2 rings (SSSR count). The number of carbonyl (C=O) groups is 1. The van der Waals surface area contributed by atoms with Gasteiger partial charge in [0.25, 0.3) is 0 Å². The second-order valence-corrected chi connectivity index (χ2v) is 7.69. The highest BCUT2D eigenvalue weighted by molar-refractivity contribution is 7.88. The zero-order chi connectivity index (χ0) is 16.3. The molecule has 1 aliphatic rings. The number of amides is 1. The molecule has 22 heavy (non-hydrogen) atoms. The van der Waals surface area contributed by atoms with Gasteiger partial charge in [-0.15, -0.1) is 0 Å². The Morgan fingerprint density at radius 2 is 2.23 bits per heavy atom. The van der Waals surface area contributed by atoms with E-state index in [0.717, 1.165) is 23.4 Å². The van der Waals surface area contributed by atoms with Crippen LogP contribution in [0.25, 0.3) is 0 Å². The lowest BCUT2D eigenvalue weighted by Gasteiger charge is -2.32. The van der Waals surface area contributed by atoms with E-state index < -0.39 is 10.0 Å². The van der Waals surface area contributed by atoms with Gasteiger partial charge in [0.2, 0.25) is 21.8 Å². The normalized spacial score (nSPS) is 19.6. The molecule has 0 saturated carbocycles. The molecule has 1 aromatic heterocycles. The number of aryl methyl sites for hydroxylation is 1. The predicted octanol–water partition coefficient (Wildman–Crippen LogP) is 0.229. The van der Waals surface area contributed by atoms with Crippen molar-refractivity contribution in [3.05, 3.63) is 11.7 Å². The Morgan fingerprint density at radius 3 is 2.82 bits per heavy atom. The number of carbonyl (C=O) groups excluding carboxylic acids is 1. The smallest absolute Gasteiger partial charge is 0.237 e. The minimum Gasteiger partial charge on any atom is -0.341 e. The van der Waals surface area contributed by atoms with Crippen LogP contribution in [-0.4, -0.2) is 66.6 Å². The van der Waals surface area contributed by atoms with E-state index in [4.69, 9.17) is 4.52 Å². The number of likely N-dealkylation sites (tertiary alicyclic amines) is 1. The molecular weight excluding hydrogens is 308 g/mol. The molecule has 9 heteroatoms. The molecular formula is C13H22N4O4S. The lowest BCUT2D eigenvalue weighted by molar-refractivity contribution is -0.132. The largest absolute Gasteiger partial charge is 0.341 e. The summed E-state index contributed by atoms with van der Waals surface area (Å²) in [6.07, 6.45) is 3.51. The third kappa shape index (κ3) is 4.04. The van der Waals surface area contributed by atoms with Gasteiger partial charge in [-0.2, -0.15) is 9.29 Å². The van der Waals surface area contributed by atoms with Gasteiger partial charge in [-0.05, 0) is 12.8 Å². The topological polar surface area (TPSA) is 96.6 Å². The highest BCUT2D eigenvalue weighted by Crippen LogP contribution is 2.25. The number of rotatable bonds is 5. The van der Waals surface area contributed by atoms with Crippen LogP contribution in [0, 0.1) is 0 Å². The molecule has 1 amide bonds. The Kier molecular flexibility index (Phi) is 5.17. The van der Waals surface area contributed by atoms with Crippen molar-refractivity contribution >= 4 is 15.9 Å². The molecule has 2 heterocycles. The maximum absolute atomic E-state index is 12.2. The van der Waals surface area contributed by atoms with Crippen molar-refractivity contribution in [2.45, 2.75) is 32.1 Å². The van der Waals surface area contributed by atoms with E-state index in [9.17, 15) is 13.2 Å². The molecule has 0 aromatic carbocycles. The maximum atomic E-state index is 12.2. The summed E-state index contributed by atoms with van der Waals surface area (Å²) in [7, 11) is -1.95. The monoisotopic (exact) mass is 330 g/mol. The minimum absolute atomic E-state index is 0.0466. The van der Waals surface area contributed by atoms with Crippen LogP contribution >= 0.6 is 0 Å². The summed E-state index contributed by atoms with van der Waals surface area (Å²) in [5.74, 6) is 1.07. The van der Waals surface area contributed by atoms with Crippen LogP contribution < -0.4 is 0 Å². The van der Waals surface area contributed by atoms with Crippen molar-refractivity contribution in [3.8, 4) is 0 Å². The second-order valence-electron chi connectivity index (χ2n) is 5.60. The van der Waals surface area contributed by atoms with Crippen molar-refractivity contribution in [3.63, 3.8) is 0 Å². The highest BCUT2D eigenvalue weighted by Gasteiger charge is 2.29. The summed E-state index contributed by atoms with van der Waals surface area (Å²) < 4.78 is 29.0. The Labute approximate surface area is 130 Å². The fourth-order valence-electron chi connectivity index (χ4n) is 2.40. The molecule has 1 fully saturated rings. The lowest BCUT2D eigenvalue weighted by atomic mass is 9.97. The van der Waals surface area contributed by atoms with Gasteiger partial charge in [-0.1, -0.05) is 12.1 Å². The molecule has 0 radical (unpaired) electrons. The first kappa shape index (κ1) is 16.9. The van der Waals surface area contributed by atoms with Crippen molar-refractivity contribution in [2.24, 2.45) is 0 Å². The van der Waals surface area contributed by atoms with Gasteiger partial charge in [-0.25, -0.2) is 8.42 Å². The molecule has 0 N–H and O–H groups in total. The van der Waals surface area contributed by atoms with E-state index in [-0.39, 0.29) is 18.4 Å². The number of piperidine rings is 1. The van der Waals surface area contributed by atoms with Gasteiger partial charge in [0.1, 0.15) is 0 Å². The molecule has 124 valence electrons. The molecule has 1 aromatic rings. The van der Waals surface area contributed by atoms with Gasteiger partial charge in [0.15, 0.2) is 5.82 Å². The first-order valence-corrected chi connectivity index (χ1v) is 9.17. The van der Waals surface area contributed by atoms with Crippen LogP contribution in [0.1, 0.15) is 37.4 Å². The average Bonchev–Trinajstić information content (AvgIpc) is 2.95. The number of aromatic nitrogens is 2. The predicted molar refractivity (Wildman–Crippen MR) is 79.7 cm³/mol. The zero-order valence-corrected chi connectivity index (χ0v) is 14.0. The van der Waals surface area contributed by atoms with Crippen molar-refractivity contribution in [2.75, 3.05) is 32.9 Å².